The molecule has 0 radical (unpaired) electrons. The third kappa shape index (κ3) is 2.42. The lowest BCUT2D eigenvalue weighted by atomic mass is 10.2. The van der Waals surface area contributed by atoms with E-state index in [1.165, 1.54) is 0 Å². The summed E-state index contributed by atoms with van der Waals surface area (Å²) in [5.74, 6) is -0.946. The van der Waals surface area contributed by atoms with Crippen molar-refractivity contribution in [1.29, 1.82) is 0 Å². The Morgan fingerprint density at radius 2 is 2.12 bits per heavy atom. The van der Waals surface area contributed by atoms with Gasteiger partial charge in [-0.25, -0.2) is 8.78 Å². The molecule has 0 N–H and O–H groups in total. The Kier molecular flexibility index (Phi) is 3.71. The SMILES string of the molecule is O=C(Cl)c1cc(Cl)c([N+](=O)[O-])nc1C(F)F. The van der Waals surface area contributed by atoms with Gasteiger partial charge >= 0.3 is 12.2 Å². The number of pyridine rings is 1. The van der Waals surface area contributed by atoms with E-state index in [-0.39, 0.29) is 0 Å². The molecule has 9 heteroatoms. The predicted octanol–water partition coefficient (Wildman–Crippen LogP) is 2.96. The van der Waals surface area contributed by atoms with Crippen molar-refractivity contribution in [2.24, 2.45) is 0 Å². The van der Waals surface area contributed by atoms with Crippen LogP contribution in [0, 0.1) is 10.1 Å². The fraction of sp³-hybridized carbons (Fsp3) is 0.143. The summed E-state index contributed by atoms with van der Waals surface area (Å²) in [6, 6.07) is 0.698. The van der Waals surface area contributed by atoms with Gasteiger partial charge in [-0.1, -0.05) is 11.6 Å². The van der Waals surface area contributed by atoms with E-state index in [1.807, 2.05) is 0 Å². The van der Waals surface area contributed by atoms with Gasteiger partial charge in [0.25, 0.3) is 5.24 Å². The molecule has 0 amide bonds. The van der Waals surface area contributed by atoms with E-state index in [0.29, 0.717) is 6.07 Å². The molecule has 0 aliphatic rings. The first kappa shape index (κ1) is 12.7. The zero-order valence-corrected chi connectivity index (χ0v) is 8.80. The molecule has 0 aromatic carbocycles. The highest BCUT2D eigenvalue weighted by molar-refractivity contribution is 6.68. The molecule has 1 aromatic rings. The highest BCUT2D eigenvalue weighted by atomic mass is 35.5. The maximum atomic E-state index is 12.4. The van der Waals surface area contributed by atoms with Crippen molar-refractivity contribution < 1.29 is 18.5 Å². The second kappa shape index (κ2) is 4.67. The zero-order valence-electron chi connectivity index (χ0n) is 7.29. The van der Waals surface area contributed by atoms with Gasteiger partial charge in [-0.3, -0.25) is 4.79 Å². The van der Waals surface area contributed by atoms with Gasteiger partial charge in [-0.15, -0.1) is 0 Å². The zero-order chi connectivity index (χ0) is 12.5. The Bertz CT molecular complexity index is 467. The first-order valence-corrected chi connectivity index (χ1v) is 4.43. The Hall–Kier alpha value is -1.34. The summed E-state index contributed by atoms with van der Waals surface area (Å²) in [6.07, 6.45) is -3.16. The monoisotopic (exact) mass is 270 g/mol. The van der Waals surface area contributed by atoms with Crippen LogP contribution < -0.4 is 0 Å². The van der Waals surface area contributed by atoms with Crippen molar-refractivity contribution in [3.8, 4) is 0 Å². The average Bonchev–Trinajstić information content (AvgIpc) is 2.15. The summed E-state index contributed by atoms with van der Waals surface area (Å²) in [4.78, 5) is 23.1. The lowest BCUT2D eigenvalue weighted by molar-refractivity contribution is -0.389. The van der Waals surface area contributed by atoms with Crippen molar-refractivity contribution in [2.45, 2.75) is 6.43 Å². The Labute approximate surface area is 97.1 Å². The number of nitrogens with zero attached hydrogens (tertiary/aromatic N) is 2. The summed E-state index contributed by atoms with van der Waals surface area (Å²) in [5, 5.41) is 8.64. The molecule has 0 unspecified atom stereocenters. The molecule has 16 heavy (non-hydrogen) atoms. The minimum Gasteiger partial charge on any atom is -0.358 e. The van der Waals surface area contributed by atoms with Crippen LogP contribution in [0.2, 0.25) is 5.02 Å². The Morgan fingerprint density at radius 1 is 1.56 bits per heavy atom. The van der Waals surface area contributed by atoms with Crippen molar-refractivity contribution in [1.82, 2.24) is 4.98 Å². The van der Waals surface area contributed by atoms with Crippen molar-refractivity contribution in [2.75, 3.05) is 0 Å². The highest BCUT2D eigenvalue weighted by Gasteiger charge is 2.29. The molecule has 0 fully saturated rings. The fourth-order valence-electron chi connectivity index (χ4n) is 0.945. The summed E-state index contributed by atoms with van der Waals surface area (Å²) in [6.45, 7) is 0. The number of aromatic nitrogens is 1. The van der Waals surface area contributed by atoms with Crippen LogP contribution >= 0.6 is 23.2 Å². The predicted molar refractivity (Wildman–Crippen MR) is 51.0 cm³/mol. The van der Waals surface area contributed by atoms with Gasteiger partial charge in [0.1, 0.15) is 5.02 Å². The van der Waals surface area contributed by atoms with E-state index in [1.54, 1.807) is 0 Å². The third-order valence-electron chi connectivity index (χ3n) is 1.58. The minimum absolute atomic E-state index is 0.529. The minimum atomic E-state index is -3.16. The van der Waals surface area contributed by atoms with Gasteiger partial charge in [0, 0.05) is 0 Å². The molecule has 0 aliphatic carbocycles. The largest absolute Gasteiger partial charge is 0.382 e. The lowest BCUT2D eigenvalue weighted by Gasteiger charge is -2.01. The fourth-order valence-corrected chi connectivity index (χ4v) is 1.32. The first-order chi connectivity index (χ1) is 7.34. The van der Waals surface area contributed by atoms with Gasteiger partial charge in [0.2, 0.25) is 5.69 Å². The van der Waals surface area contributed by atoms with E-state index >= 15 is 0 Å². The van der Waals surface area contributed by atoms with Crippen LogP contribution in [-0.2, 0) is 0 Å². The van der Waals surface area contributed by atoms with Gasteiger partial charge in [0.15, 0.2) is 0 Å². The molecule has 0 aliphatic heterocycles. The number of carbonyl (C=O) groups excluding carboxylic acids is 1. The van der Waals surface area contributed by atoms with Crippen LogP contribution in [0.25, 0.3) is 0 Å². The molecule has 0 spiro atoms. The molecule has 1 rings (SSSR count). The first-order valence-electron chi connectivity index (χ1n) is 3.67. The molecule has 0 saturated heterocycles. The maximum absolute atomic E-state index is 12.4. The number of rotatable bonds is 3. The quantitative estimate of drug-likeness (QED) is 0.481. The summed E-state index contributed by atoms with van der Waals surface area (Å²) in [5.41, 5.74) is -1.71. The van der Waals surface area contributed by atoms with E-state index in [2.05, 4.69) is 4.98 Å². The molecule has 86 valence electrons. The van der Waals surface area contributed by atoms with E-state index in [4.69, 9.17) is 23.2 Å². The average molecular weight is 271 g/mol. The van der Waals surface area contributed by atoms with Crippen molar-refractivity contribution in [3.63, 3.8) is 0 Å². The van der Waals surface area contributed by atoms with Crippen molar-refractivity contribution >= 4 is 34.3 Å². The van der Waals surface area contributed by atoms with Gasteiger partial charge < -0.3 is 10.1 Å². The third-order valence-corrected chi connectivity index (χ3v) is 2.06. The van der Waals surface area contributed by atoms with Crippen LogP contribution in [0.3, 0.4) is 0 Å². The maximum Gasteiger partial charge on any atom is 0.382 e. The molecule has 5 nitrogen and oxygen atoms in total. The summed E-state index contributed by atoms with van der Waals surface area (Å²) in [7, 11) is 0. The lowest BCUT2D eigenvalue weighted by Crippen LogP contribution is -2.05. The Balaban J connectivity index is 3.49. The topological polar surface area (TPSA) is 73.1 Å². The van der Waals surface area contributed by atoms with Crippen LogP contribution in [0.5, 0.6) is 0 Å². The second-order valence-corrected chi connectivity index (χ2v) is 3.31. The number of hydrogen-bond donors (Lipinski definition) is 0. The number of halogens is 4. The molecule has 0 bridgehead atoms. The molecule has 0 atom stereocenters. The normalized spacial score (nSPS) is 10.6. The van der Waals surface area contributed by atoms with Gasteiger partial charge in [-0.05, 0) is 27.6 Å². The standard InChI is InChI=1S/C7H2Cl2F2N2O3/c8-3-1-2(5(9)14)4(6(10)11)12-7(3)13(15)16/h1,6H. The molecule has 0 saturated carbocycles. The molecule has 1 aromatic heterocycles. The number of nitro groups is 1. The van der Waals surface area contributed by atoms with E-state index in [9.17, 15) is 23.7 Å². The number of carbonyl (C=O) groups is 1. The van der Waals surface area contributed by atoms with Gasteiger partial charge in [-0.2, -0.15) is 0 Å². The molecular formula is C7H2Cl2F2N2O3. The Morgan fingerprint density at radius 3 is 2.50 bits per heavy atom. The van der Waals surface area contributed by atoms with Crippen molar-refractivity contribution in [3.05, 3.63) is 32.5 Å². The molecule has 1 heterocycles. The smallest absolute Gasteiger partial charge is 0.358 e. The van der Waals surface area contributed by atoms with E-state index < -0.39 is 38.7 Å². The van der Waals surface area contributed by atoms with E-state index in [0.717, 1.165) is 0 Å². The number of alkyl halides is 2. The van der Waals surface area contributed by atoms with Crippen LogP contribution in [0.15, 0.2) is 6.07 Å². The molecular weight excluding hydrogens is 269 g/mol. The highest BCUT2D eigenvalue weighted by Crippen LogP contribution is 2.30. The summed E-state index contributed by atoms with van der Waals surface area (Å²) >= 11 is 10.4. The van der Waals surface area contributed by atoms with Crippen LogP contribution in [0.4, 0.5) is 14.6 Å². The number of hydrogen-bond acceptors (Lipinski definition) is 4. The second-order valence-electron chi connectivity index (χ2n) is 2.56. The van der Waals surface area contributed by atoms with Gasteiger partial charge in [0.05, 0.1) is 5.56 Å². The van der Waals surface area contributed by atoms with Crippen LogP contribution in [0.1, 0.15) is 22.5 Å². The van der Waals surface area contributed by atoms with Crippen LogP contribution in [-0.4, -0.2) is 15.1 Å². The summed E-state index contributed by atoms with van der Waals surface area (Å²) < 4.78 is 24.8.